The first-order valence-corrected chi connectivity index (χ1v) is 10.8. The standard InChI is InChI=1S/C19H26F3NOSi/c1-12(2)25(13(3)4,14(5)6)23-10-9-15-11-16(7-8-17(15)23)18(24)19(20,21)22/h7-14H,1-6H3. The SMILES string of the molecule is CC(C)[Si](C(C)C)(C(C)C)n1ccc2cc(C(=O)C(F)(F)F)ccc21. The highest BCUT2D eigenvalue weighted by Gasteiger charge is 2.45. The number of hydrogen-bond donors (Lipinski definition) is 0. The summed E-state index contributed by atoms with van der Waals surface area (Å²) >= 11 is 0. The van der Waals surface area contributed by atoms with Gasteiger partial charge in [0, 0.05) is 11.1 Å². The second kappa shape index (κ2) is 6.63. The van der Waals surface area contributed by atoms with Crippen molar-refractivity contribution in [1.82, 2.24) is 4.23 Å². The van der Waals surface area contributed by atoms with Crippen LogP contribution in [-0.2, 0) is 0 Å². The second-order valence-electron chi connectivity index (χ2n) is 7.64. The van der Waals surface area contributed by atoms with Crippen molar-refractivity contribution in [2.75, 3.05) is 0 Å². The van der Waals surface area contributed by atoms with Crippen molar-refractivity contribution in [3.05, 3.63) is 36.0 Å². The predicted molar refractivity (Wildman–Crippen MR) is 98.8 cm³/mol. The Hall–Kier alpha value is -1.56. The molecule has 0 fully saturated rings. The number of nitrogens with zero attached hydrogens (tertiary/aromatic N) is 1. The van der Waals surface area contributed by atoms with E-state index in [1.165, 1.54) is 12.1 Å². The van der Waals surface area contributed by atoms with Gasteiger partial charge in [0.1, 0.15) is 0 Å². The average molecular weight is 370 g/mol. The number of rotatable bonds is 5. The van der Waals surface area contributed by atoms with E-state index >= 15 is 0 Å². The zero-order valence-corrected chi connectivity index (χ0v) is 16.6. The van der Waals surface area contributed by atoms with Crippen molar-refractivity contribution in [2.45, 2.75) is 64.3 Å². The molecule has 6 heteroatoms. The Morgan fingerprint density at radius 1 is 0.960 bits per heavy atom. The third-order valence-corrected chi connectivity index (χ3v) is 12.2. The minimum absolute atomic E-state index is 0.302. The fraction of sp³-hybridized carbons (Fsp3) is 0.526. The molecular formula is C19H26F3NOSi. The summed E-state index contributed by atoms with van der Waals surface area (Å²) in [6.07, 6.45) is -2.85. The van der Waals surface area contributed by atoms with E-state index in [9.17, 15) is 18.0 Å². The lowest BCUT2D eigenvalue weighted by atomic mass is 10.1. The number of benzene rings is 1. The molecule has 0 radical (unpaired) electrons. The summed E-state index contributed by atoms with van der Waals surface area (Å²) in [4.78, 5) is 11.5. The van der Waals surface area contributed by atoms with Gasteiger partial charge in [0.25, 0.3) is 5.78 Å². The smallest absolute Gasteiger partial charge is 0.373 e. The van der Waals surface area contributed by atoms with Gasteiger partial charge in [0.05, 0.1) is 0 Å². The Morgan fingerprint density at radius 3 is 1.92 bits per heavy atom. The summed E-state index contributed by atoms with van der Waals surface area (Å²) < 4.78 is 40.4. The number of carbonyl (C=O) groups excluding carboxylic acids is 1. The normalized spacial score (nSPS) is 13.4. The van der Waals surface area contributed by atoms with Crippen LogP contribution in [0.3, 0.4) is 0 Å². The van der Waals surface area contributed by atoms with Gasteiger partial charge >= 0.3 is 6.18 Å². The van der Waals surface area contributed by atoms with Gasteiger partial charge in [-0.15, -0.1) is 0 Å². The van der Waals surface area contributed by atoms with Gasteiger partial charge in [-0.25, -0.2) is 0 Å². The third kappa shape index (κ3) is 3.16. The van der Waals surface area contributed by atoms with Crippen molar-refractivity contribution in [3.8, 4) is 0 Å². The first-order valence-electron chi connectivity index (χ1n) is 8.67. The first kappa shape index (κ1) is 19.8. The van der Waals surface area contributed by atoms with E-state index in [0.29, 0.717) is 22.0 Å². The van der Waals surface area contributed by atoms with Crippen LogP contribution in [0.15, 0.2) is 30.5 Å². The van der Waals surface area contributed by atoms with Gasteiger partial charge in [-0.1, -0.05) is 41.5 Å². The maximum absolute atomic E-state index is 12.7. The Balaban J connectivity index is 2.67. The molecule has 1 aromatic carbocycles. The number of halogens is 3. The molecule has 0 N–H and O–H groups in total. The summed E-state index contributed by atoms with van der Waals surface area (Å²) in [5, 5.41) is 0.689. The van der Waals surface area contributed by atoms with Crippen molar-refractivity contribution >= 4 is 24.9 Å². The molecule has 25 heavy (non-hydrogen) atoms. The molecular weight excluding hydrogens is 343 g/mol. The third-order valence-electron chi connectivity index (χ3n) is 5.40. The number of alkyl halides is 3. The molecule has 0 aliphatic heterocycles. The van der Waals surface area contributed by atoms with Crippen LogP contribution >= 0.6 is 0 Å². The molecule has 0 bridgehead atoms. The van der Waals surface area contributed by atoms with E-state index in [0.717, 1.165) is 5.52 Å². The van der Waals surface area contributed by atoms with Crippen molar-refractivity contribution in [1.29, 1.82) is 0 Å². The molecule has 0 spiro atoms. The number of carbonyl (C=O) groups is 1. The monoisotopic (exact) mass is 369 g/mol. The van der Waals surface area contributed by atoms with Gasteiger partial charge in [0.15, 0.2) is 8.24 Å². The number of Topliss-reactive ketones (excluding diaryl/α,β-unsaturated/α-hetero) is 1. The summed E-state index contributed by atoms with van der Waals surface area (Å²) in [6, 6.07) is 6.16. The number of fused-ring (bicyclic) bond motifs is 1. The Labute approximate surface area is 148 Å². The van der Waals surface area contributed by atoms with Crippen LogP contribution in [0.5, 0.6) is 0 Å². The van der Waals surface area contributed by atoms with Gasteiger partial charge in [-0.3, -0.25) is 4.79 Å². The van der Waals surface area contributed by atoms with Gasteiger partial charge < -0.3 is 4.23 Å². The van der Waals surface area contributed by atoms with Crippen LogP contribution < -0.4 is 0 Å². The zero-order valence-electron chi connectivity index (χ0n) is 15.6. The molecule has 0 saturated heterocycles. The van der Waals surface area contributed by atoms with E-state index in [4.69, 9.17) is 0 Å². The molecule has 2 rings (SSSR count). The predicted octanol–water partition coefficient (Wildman–Crippen LogP) is 6.41. The molecule has 0 atom stereocenters. The maximum atomic E-state index is 12.7. The summed E-state index contributed by atoms with van der Waals surface area (Å²) in [6.45, 7) is 13.4. The Morgan fingerprint density at radius 2 is 1.48 bits per heavy atom. The molecule has 2 aromatic rings. The molecule has 0 aliphatic carbocycles. The van der Waals surface area contributed by atoms with Crippen LogP contribution in [0.4, 0.5) is 13.2 Å². The zero-order chi connectivity index (χ0) is 19.2. The molecule has 2 nitrogen and oxygen atoms in total. The van der Waals surface area contributed by atoms with Crippen LogP contribution in [0.2, 0.25) is 16.6 Å². The Bertz CT molecular complexity index is 753. The van der Waals surface area contributed by atoms with E-state index in [2.05, 4.69) is 45.8 Å². The molecule has 138 valence electrons. The summed E-state index contributed by atoms with van der Waals surface area (Å²) in [7, 11) is -1.99. The Kier molecular flexibility index (Phi) is 5.24. The molecule has 0 amide bonds. The van der Waals surface area contributed by atoms with E-state index in [1.807, 2.05) is 12.3 Å². The number of hydrogen-bond acceptors (Lipinski definition) is 1. The minimum atomic E-state index is -4.84. The van der Waals surface area contributed by atoms with Crippen LogP contribution in [0, 0.1) is 0 Å². The number of ketones is 1. The van der Waals surface area contributed by atoms with E-state index < -0.39 is 20.2 Å². The maximum Gasteiger partial charge on any atom is 0.454 e. The highest BCUT2D eigenvalue weighted by molar-refractivity contribution is 6.82. The van der Waals surface area contributed by atoms with E-state index in [1.54, 1.807) is 6.07 Å². The second-order valence-corrected chi connectivity index (χ2v) is 13.4. The van der Waals surface area contributed by atoms with Crippen molar-refractivity contribution in [2.24, 2.45) is 0 Å². The molecule has 1 heterocycles. The molecule has 0 unspecified atom stereocenters. The van der Waals surface area contributed by atoms with Crippen molar-refractivity contribution in [3.63, 3.8) is 0 Å². The van der Waals surface area contributed by atoms with Gasteiger partial charge in [-0.05, 0) is 52.5 Å². The van der Waals surface area contributed by atoms with Crippen LogP contribution in [0.1, 0.15) is 51.9 Å². The lowest BCUT2D eigenvalue weighted by Gasteiger charge is -2.44. The first-order chi connectivity index (χ1) is 11.4. The summed E-state index contributed by atoms with van der Waals surface area (Å²) in [5.41, 5.74) is 2.03. The largest absolute Gasteiger partial charge is 0.454 e. The van der Waals surface area contributed by atoms with Gasteiger partial charge in [-0.2, -0.15) is 13.2 Å². The minimum Gasteiger partial charge on any atom is -0.373 e. The average Bonchev–Trinajstić information content (AvgIpc) is 2.88. The van der Waals surface area contributed by atoms with Crippen LogP contribution in [0.25, 0.3) is 10.9 Å². The lowest BCUT2D eigenvalue weighted by Crippen LogP contribution is -2.51. The van der Waals surface area contributed by atoms with Crippen molar-refractivity contribution < 1.29 is 18.0 Å². The van der Waals surface area contributed by atoms with Gasteiger partial charge in [0.2, 0.25) is 0 Å². The summed E-state index contributed by atoms with van der Waals surface area (Å²) in [5.74, 6) is -1.79. The topological polar surface area (TPSA) is 22.0 Å². The quantitative estimate of drug-likeness (QED) is 0.441. The molecule has 0 aliphatic rings. The van der Waals surface area contributed by atoms with Crippen LogP contribution in [-0.4, -0.2) is 24.4 Å². The highest BCUT2D eigenvalue weighted by atomic mass is 28.3. The fourth-order valence-corrected chi connectivity index (χ4v) is 11.2. The molecule has 1 aromatic heterocycles. The number of aromatic nitrogens is 1. The fourth-order valence-electron chi connectivity index (χ4n) is 4.62. The van der Waals surface area contributed by atoms with E-state index in [-0.39, 0.29) is 5.56 Å². The lowest BCUT2D eigenvalue weighted by molar-refractivity contribution is -0.0885. The molecule has 0 saturated carbocycles. The highest BCUT2D eigenvalue weighted by Crippen LogP contribution is 2.44.